The summed E-state index contributed by atoms with van der Waals surface area (Å²) in [5.41, 5.74) is 0.387. The van der Waals surface area contributed by atoms with Crippen molar-refractivity contribution in [3.63, 3.8) is 0 Å². The van der Waals surface area contributed by atoms with Gasteiger partial charge in [-0.1, -0.05) is 17.7 Å². The summed E-state index contributed by atoms with van der Waals surface area (Å²) in [6, 6.07) is 5.11. The molecule has 5 nitrogen and oxygen atoms in total. The molecule has 104 valence electrons. The summed E-state index contributed by atoms with van der Waals surface area (Å²) >= 11 is 5.90. The van der Waals surface area contributed by atoms with Crippen molar-refractivity contribution in [1.82, 2.24) is 4.57 Å². The molecule has 0 N–H and O–H groups in total. The number of ether oxygens (including phenoxy) is 1. The third kappa shape index (κ3) is 4.41. The van der Waals surface area contributed by atoms with E-state index in [0.717, 1.165) is 0 Å². The van der Waals surface area contributed by atoms with Gasteiger partial charge in [-0.05, 0) is 19.1 Å². The van der Waals surface area contributed by atoms with Crippen molar-refractivity contribution in [3.8, 4) is 6.07 Å². The molecule has 0 aromatic carbocycles. The fourth-order valence-electron chi connectivity index (χ4n) is 1.38. The molecule has 6 heteroatoms. The Morgan fingerprint density at radius 3 is 3.00 bits per heavy atom. The normalized spacial score (nSPS) is 11.8. The highest BCUT2D eigenvalue weighted by atomic mass is 35.5. The number of nitriles is 1. The second-order valence-corrected chi connectivity index (χ2v) is 4.09. The number of aromatic nitrogens is 1. The number of carbonyl (C=O) groups excluding carboxylic acids is 1. The highest BCUT2D eigenvalue weighted by molar-refractivity contribution is 6.30. The summed E-state index contributed by atoms with van der Waals surface area (Å²) < 4.78 is 6.49. The first-order valence-electron chi connectivity index (χ1n) is 5.90. The number of carbonyl (C=O) groups is 1. The molecule has 1 rings (SSSR count). The number of allylic oxidation sites excluding steroid dienone is 1. The van der Waals surface area contributed by atoms with Crippen molar-refractivity contribution in [2.45, 2.75) is 13.5 Å². The highest BCUT2D eigenvalue weighted by Crippen LogP contribution is 2.03. The Kier molecular flexibility index (Phi) is 6.27. The Balaban J connectivity index is 3.19. The molecule has 1 aromatic heterocycles. The van der Waals surface area contributed by atoms with E-state index in [1.165, 1.54) is 6.20 Å². The van der Waals surface area contributed by atoms with Gasteiger partial charge in [-0.25, -0.2) is 9.79 Å². The largest absolute Gasteiger partial charge is 0.462 e. The fraction of sp³-hybridized carbons (Fsp3) is 0.214. The van der Waals surface area contributed by atoms with Gasteiger partial charge in [0.15, 0.2) is 5.57 Å². The number of pyridine rings is 1. The molecule has 0 amide bonds. The van der Waals surface area contributed by atoms with Gasteiger partial charge in [-0.2, -0.15) is 5.26 Å². The first kappa shape index (κ1) is 15.7. The molecular formula is C14H14ClN3O2. The minimum absolute atomic E-state index is 0.160. The van der Waals surface area contributed by atoms with E-state index in [0.29, 0.717) is 17.1 Å². The lowest BCUT2D eigenvalue weighted by atomic mass is 10.3. The highest BCUT2D eigenvalue weighted by Gasteiger charge is 2.08. The van der Waals surface area contributed by atoms with Crippen LogP contribution in [0.1, 0.15) is 6.92 Å². The zero-order valence-electron chi connectivity index (χ0n) is 11.0. The maximum absolute atomic E-state index is 11.4. The second-order valence-electron chi connectivity index (χ2n) is 3.65. The van der Waals surface area contributed by atoms with E-state index in [1.807, 2.05) is 0 Å². The van der Waals surface area contributed by atoms with Gasteiger partial charge >= 0.3 is 5.97 Å². The minimum atomic E-state index is -0.692. The van der Waals surface area contributed by atoms with E-state index in [2.05, 4.69) is 11.6 Å². The number of hydrogen-bond donors (Lipinski definition) is 0. The molecule has 0 saturated carbocycles. The summed E-state index contributed by atoms with van der Waals surface area (Å²) in [4.78, 5) is 15.6. The van der Waals surface area contributed by atoms with E-state index < -0.39 is 5.97 Å². The molecule has 0 aliphatic rings. The van der Waals surface area contributed by atoms with E-state index in [1.54, 1.807) is 42.0 Å². The average molecular weight is 292 g/mol. The first-order valence-corrected chi connectivity index (χ1v) is 6.28. The zero-order valence-corrected chi connectivity index (χ0v) is 11.8. The van der Waals surface area contributed by atoms with E-state index in [-0.39, 0.29) is 12.2 Å². The number of rotatable bonds is 5. The van der Waals surface area contributed by atoms with Gasteiger partial charge in [0.25, 0.3) is 0 Å². The van der Waals surface area contributed by atoms with Gasteiger partial charge < -0.3 is 9.30 Å². The third-order valence-corrected chi connectivity index (χ3v) is 2.46. The Labute approximate surface area is 122 Å². The molecule has 0 fully saturated rings. The predicted molar refractivity (Wildman–Crippen MR) is 75.5 cm³/mol. The van der Waals surface area contributed by atoms with Gasteiger partial charge in [0.05, 0.1) is 17.8 Å². The molecule has 20 heavy (non-hydrogen) atoms. The first-order chi connectivity index (χ1) is 9.62. The van der Waals surface area contributed by atoms with Crippen LogP contribution in [0.25, 0.3) is 0 Å². The lowest BCUT2D eigenvalue weighted by molar-refractivity contribution is -0.138. The van der Waals surface area contributed by atoms with E-state index in [9.17, 15) is 4.79 Å². The van der Waals surface area contributed by atoms with Crippen LogP contribution < -0.4 is 5.49 Å². The number of nitrogens with zero attached hydrogens (tertiary/aromatic N) is 3. The lowest BCUT2D eigenvalue weighted by Crippen LogP contribution is -2.19. The van der Waals surface area contributed by atoms with Gasteiger partial charge in [-0.3, -0.25) is 0 Å². The quantitative estimate of drug-likeness (QED) is 0.361. The molecule has 1 aromatic rings. The number of halogens is 1. The van der Waals surface area contributed by atoms with Gasteiger partial charge in [-0.15, -0.1) is 6.58 Å². The topological polar surface area (TPSA) is 67.4 Å². The van der Waals surface area contributed by atoms with Crippen LogP contribution in [0.3, 0.4) is 0 Å². The van der Waals surface area contributed by atoms with Crippen molar-refractivity contribution < 1.29 is 9.53 Å². The molecule has 0 bridgehead atoms. The van der Waals surface area contributed by atoms with Crippen LogP contribution in [-0.4, -0.2) is 17.1 Å². The maximum Gasteiger partial charge on any atom is 0.350 e. The third-order valence-electron chi connectivity index (χ3n) is 2.23. The molecular weight excluding hydrogens is 278 g/mol. The summed E-state index contributed by atoms with van der Waals surface area (Å²) in [6.07, 6.45) is 4.56. The Bertz CT molecular complexity index is 639. The molecule has 0 aliphatic heterocycles. The molecule has 0 aliphatic carbocycles. The SMILES string of the molecule is C=CCn1cc(Cl)ccc1=N/C=C(\C#N)C(=O)OCC. The van der Waals surface area contributed by atoms with Crippen LogP contribution in [0.2, 0.25) is 5.02 Å². The number of esters is 1. The van der Waals surface area contributed by atoms with Crippen molar-refractivity contribution in [1.29, 1.82) is 5.26 Å². The van der Waals surface area contributed by atoms with Crippen LogP contribution in [0.5, 0.6) is 0 Å². The van der Waals surface area contributed by atoms with Crippen molar-refractivity contribution in [3.05, 3.63) is 53.3 Å². The molecule has 0 spiro atoms. The van der Waals surface area contributed by atoms with Crippen molar-refractivity contribution in [2.75, 3.05) is 6.61 Å². The van der Waals surface area contributed by atoms with Crippen LogP contribution in [0, 0.1) is 11.3 Å². The molecule has 0 unspecified atom stereocenters. The summed E-state index contributed by atoms with van der Waals surface area (Å²) in [5, 5.41) is 9.45. The van der Waals surface area contributed by atoms with Gasteiger partial charge in [0.2, 0.25) is 0 Å². The Morgan fingerprint density at radius 1 is 1.65 bits per heavy atom. The molecule has 0 radical (unpaired) electrons. The second kappa shape index (κ2) is 7.97. The van der Waals surface area contributed by atoms with Crippen LogP contribution >= 0.6 is 11.6 Å². The summed E-state index contributed by atoms with van der Waals surface area (Å²) in [6.45, 7) is 6.02. The van der Waals surface area contributed by atoms with E-state index in [4.69, 9.17) is 21.6 Å². The minimum Gasteiger partial charge on any atom is -0.462 e. The van der Waals surface area contributed by atoms with E-state index >= 15 is 0 Å². The van der Waals surface area contributed by atoms with Crippen molar-refractivity contribution in [2.24, 2.45) is 4.99 Å². The zero-order chi connectivity index (χ0) is 15.0. The van der Waals surface area contributed by atoms with Gasteiger partial charge in [0, 0.05) is 12.7 Å². The Hall–Kier alpha value is -2.32. The molecule has 0 atom stereocenters. The van der Waals surface area contributed by atoms with Crippen LogP contribution in [0.15, 0.2) is 47.7 Å². The smallest absolute Gasteiger partial charge is 0.350 e. The lowest BCUT2D eigenvalue weighted by Gasteiger charge is -2.04. The van der Waals surface area contributed by atoms with Gasteiger partial charge in [0.1, 0.15) is 11.6 Å². The monoisotopic (exact) mass is 291 g/mol. The average Bonchev–Trinajstić information content (AvgIpc) is 2.42. The number of hydrogen-bond acceptors (Lipinski definition) is 4. The molecule has 1 heterocycles. The summed E-state index contributed by atoms with van der Waals surface area (Å²) in [5.74, 6) is -0.692. The Morgan fingerprint density at radius 2 is 2.40 bits per heavy atom. The fourth-order valence-corrected chi connectivity index (χ4v) is 1.56. The van der Waals surface area contributed by atoms with Crippen LogP contribution in [0.4, 0.5) is 0 Å². The standard InChI is InChI=1S/C14H14ClN3O2/c1-3-7-18-10-12(15)5-6-13(18)17-9-11(8-16)14(19)20-4-2/h3,5-6,9-10H,1,4,7H2,2H3/b11-9+,17-13?. The molecule has 0 saturated heterocycles. The van der Waals surface area contributed by atoms with Crippen molar-refractivity contribution >= 4 is 17.6 Å². The summed E-state index contributed by atoms with van der Waals surface area (Å²) in [7, 11) is 0. The van der Waals surface area contributed by atoms with Crippen LogP contribution in [-0.2, 0) is 16.1 Å². The predicted octanol–water partition coefficient (Wildman–Crippen LogP) is 2.20. The maximum atomic E-state index is 11.4.